The zero-order valence-corrected chi connectivity index (χ0v) is 23.3. The van der Waals surface area contributed by atoms with Crippen molar-refractivity contribution in [3.8, 4) is 0 Å². The fourth-order valence-electron chi connectivity index (χ4n) is 4.13. The number of nitrogens with zero attached hydrogens (tertiary/aromatic N) is 1. The van der Waals surface area contributed by atoms with Gasteiger partial charge in [0.05, 0.1) is 5.02 Å². The minimum Gasteiger partial charge on any atom is -0.384 e. The molecule has 3 aromatic rings. The van der Waals surface area contributed by atoms with Gasteiger partial charge in [-0.05, 0) is 86.1 Å². The van der Waals surface area contributed by atoms with Crippen molar-refractivity contribution in [1.82, 2.24) is 15.2 Å². The van der Waals surface area contributed by atoms with Gasteiger partial charge in [-0.1, -0.05) is 51.8 Å². The van der Waals surface area contributed by atoms with Crippen molar-refractivity contribution in [2.24, 2.45) is 5.92 Å². The molecule has 2 heterocycles. The van der Waals surface area contributed by atoms with Crippen LogP contribution in [0, 0.1) is 17.6 Å². The summed E-state index contributed by atoms with van der Waals surface area (Å²) in [5, 5.41) is 3.90. The van der Waals surface area contributed by atoms with Crippen LogP contribution in [0.5, 0.6) is 0 Å². The highest BCUT2D eigenvalue weighted by molar-refractivity contribution is 9.09. The molecule has 38 heavy (non-hydrogen) atoms. The van der Waals surface area contributed by atoms with E-state index in [0.717, 1.165) is 56.2 Å². The van der Waals surface area contributed by atoms with Gasteiger partial charge in [-0.15, -0.1) is 0 Å². The van der Waals surface area contributed by atoms with Crippen LogP contribution >= 0.6 is 27.5 Å². The molecular weight excluding hydrogens is 578 g/mol. The average Bonchev–Trinajstić information content (AvgIpc) is 2.91. The molecule has 1 aliphatic rings. The third-order valence-corrected chi connectivity index (χ3v) is 7.16. The number of hydrogen-bond donors (Lipinski definition) is 3. The van der Waals surface area contributed by atoms with E-state index < -0.39 is 11.5 Å². The molecule has 0 saturated carbocycles. The summed E-state index contributed by atoms with van der Waals surface area (Å²) in [4.78, 5) is 28.8. The number of likely N-dealkylation sites (tertiary alicyclic amines) is 1. The number of benzene rings is 2. The SMILES string of the molecule is Fc1ccc(CCBr)cc1.Nc1[nH]c(=O)c(C(=O)NCC2CCN(CCc3ccc(F)cc3)CC2)cc1Cl. The van der Waals surface area contributed by atoms with Crippen LogP contribution in [0.25, 0.3) is 0 Å². The molecule has 0 radical (unpaired) electrons. The summed E-state index contributed by atoms with van der Waals surface area (Å²) < 4.78 is 25.3. The Bertz CT molecular complexity index is 1230. The van der Waals surface area contributed by atoms with Crippen LogP contribution < -0.4 is 16.6 Å². The predicted octanol–water partition coefficient (Wildman–Crippen LogP) is 5.20. The number of aromatic amines is 1. The van der Waals surface area contributed by atoms with Crippen LogP contribution in [0.4, 0.5) is 14.6 Å². The second kappa shape index (κ2) is 15.0. The van der Waals surface area contributed by atoms with Crippen LogP contribution in [0.1, 0.15) is 34.3 Å². The van der Waals surface area contributed by atoms with E-state index in [1.54, 1.807) is 12.1 Å². The van der Waals surface area contributed by atoms with Gasteiger partial charge in [-0.25, -0.2) is 8.78 Å². The van der Waals surface area contributed by atoms with E-state index in [1.807, 2.05) is 12.1 Å². The lowest BCUT2D eigenvalue weighted by Gasteiger charge is -2.32. The number of aryl methyl sites for hydroxylation is 1. The number of halogens is 4. The van der Waals surface area contributed by atoms with E-state index in [0.29, 0.717) is 12.5 Å². The molecule has 2 aromatic carbocycles. The number of amides is 1. The van der Waals surface area contributed by atoms with Crippen molar-refractivity contribution in [3.63, 3.8) is 0 Å². The second-order valence-corrected chi connectivity index (χ2v) is 10.4. The first-order valence-electron chi connectivity index (χ1n) is 12.5. The minimum absolute atomic E-state index is 0.0315. The highest BCUT2D eigenvalue weighted by Gasteiger charge is 2.21. The van der Waals surface area contributed by atoms with Gasteiger partial charge in [0.25, 0.3) is 11.5 Å². The molecule has 0 unspecified atom stereocenters. The van der Waals surface area contributed by atoms with Gasteiger partial charge >= 0.3 is 0 Å². The Morgan fingerprint density at radius 1 is 1.03 bits per heavy atom. The standard InChI is InChI=1S/C20H24ClFN4O2.C8H8BrF/c21-17-11-16(20(28)25-18(17)23)19(27)24-12-14-6-9-26(10-7-14)8-5-13-1-3-15(22)4-2-13;9-6-5-7-1-3-8(10)4-2-7/h1-4,11,14H,5-10,12H2,(H,24,27)(H3,23,25,28);1-4H,5-6H2. The molecule has 0 spiro atoms. The summed E-state index contributed by atoms with van der Waals surface area (Å²) in [6.45, 7) is 3.36. The minimum atomic E-state index is -0.546. The topological polar surface area (TPSA) is 91.2 Å². The second-order valence-electron chi connectivity index (χ2n) is 9.21. The number of carbonyl (C=O) groups is 1. The summed E-state index contributed by atoms with van der Waals surface area (Å²) in [5.74, 6) is -0.402. The van der Waals surface area contributed by atoms with Gasteiger partial charge in [-0.2, -0.15) is 0 Å². The lowest BCUT2D eigenvalue weighted by atomic mass is 9.96. The maximum absolute atomic E-state index is 13.0. The zero-order chi connectivity index (χ0) is 27.5. The van der Waals surface area contributed by atoms with Crippen LogP contribution in [0.3, 0.4) is 0 Å². The Hall–Kier alpha value is -2.75. The predicted molar refractivity (Wildman–Crippen MR) is 152 cm³/mol. The molecule has 0 bridgehead atoms. The van der Waals surface area contributed by atoms with E-state index in [2.05, 4.69) is 31.1 Å². The number of hydrogen-bond acceptors (Lipinski definition) is 4. The summed E-state index contributed by atoms with van der Waals surface area (Å²) in [6.07, 6.45) is 3.80. The number of nitrogens with two attached hydrogens (primary N) is 1. The lowest BCUT2D eigenvalue weighted by molar-refractivity contribution is 0.0935. The first-order valence-corrected chi connectivity index (χ1v) is 14.0. The molecule has 1 amide bonds. The third-order valence-electron chi connectivity index (χ3n) is 6.45. The summed E-state index contributed by atoms with van der Waals surface area (Å²) in [7, 11) is 0. The lowest BCUT2D eigenvalue weighted by Crippen LogP contribution is -2.40. The first-order chi connectivity index (χ1) is 18.2. The van der Waals surface area contributed by atoms with E-state index in [9.17, 15) is 18.4 Å². The highest BCUT2D eigenvalue weighted by atomic mass is 79.9. The van der Waals surface area contributed by atoms with Crippen molar-refractivity contribution in [2.45, 2.75) is 25.7 Å². The van der Waals surface area contributed by atoms with E-state index in [-0.39, 0.29) is 28.0 Å². The number of aromatic nitrogens is 1. The zero-order valence-electron chi connectivity index (χ0n) is 21.0. The van der Waals surface area contributed by atoms with Gasteiger partial charge in [0.2, 0.25) is 0 Å². The van der Waals surface area contributed by atoms with E-state index >= 15 is 0 Å². The van der Waals surface area contributed by atoms with Crippen molar-refractivity contribution in [3.05, 3.63) is 98.3 Å². The molecule has 0 atom stereocenters. The fourth-order valence-corrected chi connectivity index (χ4v) is 4.75. The molecule has 1 aromatic heterocycles. The Morgan fingerprint density at radius 3 is 2.13 bits per heavy atom. The van der Waals surface area contributed by atoms with Gasteiger partial charge in [0.1, 0.15) is 23.0 Å². The molecule has 1 fully saturated rings. The first kappa shape index (κ1) is 29.8. The maximum atomic E-state index is 13.0. The van der Waals surface area contributed by atoms with Crippen molar-refractivity contribution in [2.75, 3.05) is 37.2 Å². The van der Waals surface area contributed by atoms with Gasteiger partial charge in [0.15, 0.2) is 0 Å². The highest BCUT2D eigenvalue weighted by Crippen LogP contribution is 2.18. The third kappa shape index (κ3) is 9.53. The number of pyridine rings is 1. The van der Waals surface area contributed by atoms with Crippen molar-refractivity contribution < 1.29 is 13.6 Å². The van der Waals surface area contributed by atoms with E-state index in [4.69, 9.17) is 17.3 Å². The van der Waals surface area contributed by atoms with Crippen LogP contribution in [0.15, 0.2) is 59.4 Å². The quantitative estimate of drug-likeness (QED) is 0.307. The number of nitrogens with one attached hydrogen (secondary N) is 2. The van der Waals surface area contributed by atoms with Crippen LogP contribution in [-0.4, -0.2) is 47.3 Å². The Morgan fingerprint density at radius 2 is 1.58 bits per heavy atom. The number of rotatable bonds is 8. The van der Waals surface area contributed by atoms with Gasteiger partial charge in [0, 0.05) is 18.4 Å². The Balaban J connectivity index is 0.000000336. The number of nitrogen functional groups attached to an aromatic ring is 1. The molecule has 0 aliphatic carbocycles. The molecular formula is C28H32BrClF2N4O2. The monoisotopic (exact) mass is 608 g/mol. The summed E-state index contributed by atoms with van der Waals surface area (Å²) >= 11 is 9.19. The number of anilines is 1. The maximum Gasteiger partial charge on any atom is 0.262 e. The number of piperidine rings is 1. The van der Waals surface area contributed by atoms with Crippen molar-refractivity contribution in [1.29, 1.82) is 0 Å². The van der Waals surface area contributed by atoms with Gasteiger partial charge in [-0.3, -0.25) is 9.59 Å². The Labute approximate surface area is 234 Å². The van der Waals surface area contributed by atoms with E-state index in [1.165, 1.54) is 35.9 Å². The molecule has 4 N–H and O–H groups in total. The number of alkyl halides is 1. The Kier molecular flexibility index (Phi) is 11.8. The molecule has 4 rings (SSSR count). The summed E-state index contributed by atoms with van der Waals surface area (Å²) in [6, 6.07) is 14.5. The van der Waals surface area contributed by atoms with Crippen LogP contribution in [-0.2, 0) is 12.8 Å². The smallest absolute Gasteiger partial charge is 0.262 e. The molecule has 1 aliphatic heterocycles. The molecule has 6 nitrogen and oxygen atoms in total. The van der Waals surface area contributed by atoms with Crippen LogP contribution in [0.2, 0.25) is 5.02 Å². The number of carbonyl (C=O) groups excluding carboxylic acids is 1. The fraction of sp³-hybridized carbons (Fsp3) is 0.357. The molecule has 1 saturated heterocycles. The largest absolute Gasteiger partial charge is 0.384 e. The molecule has 10 heteroatoms. The number of H-pyrrole nitrogens is 1. The average molecular weight is 610 g/mol. The van der Waals surface area contributed by atoms with Gasteiger partial charge < -0.3 is 20.9 Å². The van der Waals surface area contributed by atoms with Crippen molar-refractivity contribution >= 4 is 39.3 Å². The summed E-state index contributed by atoms with van der Waals surface area (Å²) in [5.41, 5.74) is 7.24. The molecule has 204 valence electrons. The normalized spacial score (nSPS) is 14.0.